The van der Waals surface area contributed by atoms with Gasteiger partial charge in [0.05, 0.1) is 6.20 Å². The van der Waals surface area contributed by atoms with Crippen LogP contribution in [0.4, 0.5) is 4.39 Å². The van der Waals surface area contributed by atoms with Gasteiger partial charge < -0.3 is 4.74 Å². The third-order valence-electron chi connectivity index (χ3n) is 2.33. The summed E-state index contributed by atoms with van der Waals surface area (Å²) in [5, 5.41) is 0. The summed E-state index contributed by atoms with van der Waals surface area (Å²) in [5.41, 5.74) is 1.87. The fourth-order valence-corrected chi connectivity index (χ4v) is 1.41. The molecule has 2 nitrogen and oxygen atoms in total. The van der Waals surface area contributed by atoms with Crippen LogP contribution < -0.4 is 4.74 Å². The topological polar surface area (TPSA) is 22.1 Å². The number of hydrogen-bond acceptors (Lipinski definition) is 2. The molecule has 0 N–H and O–H groups in total. The number of aryl methyl sites for hydroxylation is 1. The molecule has 2 rings (SSSR count). The van der Waals surface area contributed by atoms with E-state index >= 15 is 0 Å². The Kier molecular flexibility index (Phi) is 3.15. The Bertz CT molecular complexity index is 471. The zero-order valence-corrected chi connectivity index (χ0v) is 8.98. The zero-order chi connectivity index (χ0) is 11.4. The second kappa shape index (κ2) is 4.75. The fraction of sp³-hybridized carbons (Fsp3) is 0.154. The van der Waals surface area contributed by atoms with Gasteiger partial charge in [0.1, 0.15) is 18.2 Å². The molecule has 0 aliphatic carbocycles. The van der Waals surface area contributed by atoms with Gasteiger partial charge in [-0.1, -0.05) is 6.07 Å². The molecule has 0 spiro atoms. The van der Waals surface area contributed by atoms with Crippen molar-refractivity contribution in [3.63, 3.8) is 0 Å². The first kappa shape index (κ1) is 10.6. The van der Waals surface area contributed by atoms with Crippen LogP contribution >= 0.6 is 0 Å². The first-order chi connectivity index (χ1) is 7.75. The maximum atomic E-state index is 12.9. The number of nitrogens with zero attached hydrogens (tertiary/aromatic N) is 1. The molecule has 0 unspecified atom stereocenters. The van der Waals surface area contributed by atoms with E-state index in [2.05, 4.69) is 4.98 Å². The minimum absolute atomic E-state index is 0.220. The van der Waals surface area contributed by atoms with Crippen LogP contribution in [0.15, 0.2) is 42.7 Å². The number of halogens is 1. The third kappa shape index (κ3) is 2.57. The lowest BCUT2D eigenvalue weighted by Crippen LogP contribution is -1.98. The second-order valence-electron chi connectivity index (χ2n) is 3.55. The summed E-state index contributed by atoms with van der Waals surface area (Å²) in [5.74, 6) is 0.494. The predicted octanol–water partition coefficient (Wildman–Crippen LogP) is 3.11. The van der Waals surface area contributed by atoms with Crippen LogP contribution in [-0.4, -0.2) is 4.98 Å². The van der Waals surface area contributed by atoms with E-state index < -0.39 is 0 Å². The molecule has 0 atom stereocenters. The van der Waals surface area contributed by atoms with Crippen LogP contribution in [0.3, 0.4) is 0 Å². The van der Waals surface area contributed by atoms with Crippen molar-refractivity contribution in [1.29, 1.82) is 0 Å². The molecule has 0 amide bonds. The highest BCUT2D eigenvalue weighted by molar-refractivity contribution is 5.26. The van der Waals surface area contributed by atoms with E-state index in [0.717, 1.165) is 11.1 Å². The molecule has 0 saturated heterocycles. The summed E-state index contributed by atoms with van der Waals surface area (Å²) in [6.45, 7) is 2.29. The van der Waals surface area contributed by atoms with Crippen molar-refractivity contribution >= 4 is 0 Å². The molecule has 1 heterocycles. The van der Waals surface area contributed by atoms with Crippen molar-refractivity contribution in [2.24, 2.45) is 0 Å². The van der Waals surface area contributed by atoms with Gasteiger partial charge in [-0.25, -0.2) is 4.39 Å². The summed E-state index contributed by atoms with van der Waals surface area (Å²) >= 11 is 0. The van der Waals surface area contributed by atoms with Gasteiger partial charge in [0.15, 0.2) is 0 Å². The quantitative estimate of drug-likeness (QED) is 0.788. The van der Waals surface area contributed by atoms with Crippen molar-refractivity contribution in [3.8, 4) is 5.75 Å². The van der Waals surface area contributed by atoms with Gasteiger partial charge in [0.2, 0.25) is 0 Å². The number of benzene rings is 1. The Balaban J connectivity index is 2.05. The Morgan fingerprint density at radius 1 is 1.31 bits per heavy atom. The fourth-order valence-electron chi connectivity index (χ4n) is 1.41. The van der Waals surface area contributed by atoms with Crippen molar-refractivity contribution in [2.75, 3.05) is 0 Å². The molecule has 1 aromatic heterocycles. The van der Waals surface area contributed by atoms with Crippen LogP contribution in [-0.2, 0) is 6.61 Å². The van der Waals surface area contributed by atoms with Crippen LogP contribution in [0.5, 0.6) is 5.75 Å². The van der Waals surface area contributed by atoms with Crippen LogP contribution in [0.1, 0.15) is 11.1 Å². The monoisotopic (exact) mass is 217 g/mol. The van der Waals surface area contributed by atoms with Gasteiger partial charge >= 0.3 is 0 Å². The molecule has 1 aromatic carbocycles. The molecule has 0 fully saturated rings. The summed E-state index contributed by atoms with van der Waals surface area (Å²) in [6, 6.07) is 8.33. The van der Waals surface area contributed by atoms with Gasteiger partial charge in [-0.3, -0.25) is 4.98 Å². The molecule has 16 heavy (non-hydrogen) atoms. The lowest BCUT2D eigenvalue weighted by Gasteiger charge is -2.08. The maximum Gasteiger partial charge on any atom is 0.138 e. The molecule has 0 bridgehead atoms. The number of aromatic nitrogens is 1. The van der Waals surface area contributed by atoms with E-state index in [1.807, 2.05) is 19.1 Å². The maximum absolute atomic E-state index is 12.9. The van der Waals surface area contributed by atoms with Gasteiger partial charge in [-0.05, 0) is 42.3 Å². The highest BCUT2D eigenvalue weighted by Gasteiger charge is 2.01. The summed E-state index contributed by atoms with van der Waals surface area (Å²) in [7, 11) is 0. The number of pyridine rings is 1. The van der Waals surface area contributed by atoms with E-state index in [4.69, 9.17) is 4.74 Å². The van der Waals surface area contributed by atoms with E-state index in [1.165, 1.54) is 12.1 Å². The Morgan fingerprint density at radius 3 is 2.88 bits per heavy atom. The van der Waals surface area contributed by atoms with Crippen molar-refractivity contribution in [2.45, 2.75) is 13.5 Å². The van der Waals surface area contributed by atoms with E-state index in [-0.39, 0.29) is 5.82 Å². The zero-order valence-electron chi connectivity index (χ0n) is 8.98. The van der Waals surface area contributed by atoms with Crippen molar-refractivity contribution in [3.05, 3.63) is 59.7 Å². The Morgan fingerprint density at radius 2 is 2.19 bits per heavy atom. The highest BCUT2D eigenvalue weighted by atomic mass is 19.1. The van der Waals surface area contributed by atoms with E-state index in [9.17, 15) is 4.39 Å². The average molecular weight is 217 g/mol. The van der Waals surface area contributed by atoms with E-state index in [0.29, 0.717) is 12.4 Å². The van der Waals surface area contributed by atoms with Crippen molar-refractivity contribution < 1.29 is 9.13 Å². The molecule has 82 valence electrons. The standard InChI is InChI=1S/C13H12FNO/c1-10-7-12(14)5-4-11(10)9-16-13-3-2-6-15-8-13/h2-8H,9H2,1H3. The normalized spacial score (nSPS) is 10.1. The van der Waals surface area contributed by atoms with Crippen LogP contribution in [0, 0.1) is 12.7 Å². The molecule has 0 aliphatic rings. The smallest absolute Gasteiger partial charge is 0.138 e. The lowest BCUT2D eigenvalue weighted by molar-refractivity contribution is 0.304. The summed E-state index contributed by atoms with van der Waals surface area (Å²) in [6.07, 6.45) is 3.34. The summed E-state index contributed by atoms with van der Waals surface area (Å²) < 4.78 is 18.4. The molecule has 2 aromatic rings. The van der Waals surface area contributed by atoms with E-state index in [1.54, 1.807) is 18.5 Å². The highest BCUT2D eigenvalue weighted by Crippen LogP contribution is 2.14. The van der Waals surface area contributed by atoms with Gasteiger partial charge in [-0.2, -0.15) is 0 Å². The largest absolute Gasteiger partial charge is 0.487 e. The molecular formula is C13H12FNO. The Hall–Kier alpha value is -1.90. The summed E-state index contributed by atoms with van der Waals surface area (Å²) in [4.78, 5) is 3.95. The molecule has 0 radical (unpaired) electrons. The second-order valence-corrected chi connectivity index (χ2v) is 3.55. The molecular weight excluding hydrogens is 205 g/mol. The predicted molar refractivity (Wildman–Crippen MR) is 59.7 cm³/mol. The first-order valence-corrected chi connectivity index (χ1v) is 5.03. The number of ether oxygens (including phenoxy) is 1. The minimum atomic E-state index is -0.220. The minimum Gasteiger partial charge on any atom is -0.487 e. The van der Waals surface area contributed by atoms with Gasteiger partial charge in [0.25, 0.3) is 0 Å². The average Bonchev–Trinajstić information content (AvgIpc) is 2.29. The van der Waals surface area contributed by atoms with Crippen LogP contribution in [0.25, 0.3) is 0 Å². The first-order valence-electron chi connectivity index (χ1n) is 5.03. The number of hydrogen-bond donors (Lipinski definition) is 0. The SMILES string of the molecule is Cc1cc(F)ccc1COc1cccnc1. The van der Waals surface area contributed by atoms with Crippen molar-refractivity contribution in [1.82, 2.24) is 4.98 Å². The van der Waals surface area contributed by atoms with Crippen LogP contribution in [0.2, 0.25) is 0 Å². The Labute approximate surface area is 93.7 Å². The van der Waals surface area contributed by atoms with Gasteiger partial charge in [0, 0.05) is 6.20 Å². The van der Waals surface area contributed by atoms with Gasteiger partial charge in [-0.15, -0.1) is 0 Å². The lowest BCUT2D eigenvalue weighted by atomic mass is 10.1. The molecule has 0 aliphatic heterocycles. The number of rotatable bonds is 3. The molecule has 0 saturated carbocycles. The third-order valence-corrected chi connectivity index (χ3v) is 2.33. The molecule has 3 heteroatoms.